The number of furan rings is 1. The molecule has 0 atom stereocenters. The largest absolute Gasteiger partial charge is 0.495 e. The fourth-order valence-electron chi connectivity index (χ4n) is 2.80. The molecular formula is C20H15NO3. The first kappa shape index (κ1) is 14.3. The Morgan fingerprint density at radius 1 is 0.917 bits per heavy atom. The number of benzene rings is 3. The maximum absolute atomic E-state index is 12.4. The summed E-state index contributed by atoms with van der Waals surface area (Å²) in [5, 5.41) is 4.87. The highest BCUT2D eigenvalue weighted by Gasteiger charge is 2.14. The Hall–Kier alpha value is -3.27. The van der Waals surface area contributed by atoms with Gasteiger partial charge in [0.25, 0.3) is 5.91 Å². The number of methoxy groups -OCH3 is 1. The Kier molecular flexibility index (Phi) is 3.43. The quantitative estimate of drug-likeness (QED) is 0.588. The minimum absolute atomic E-state index is 0.190. The molecule has 1 heterocycles. The maximum Gasteiger partial charge on any atom is 0.255 e. The minimum Gasteiger partial charge on any atom is -0.495 e. The summed E-state index contributed by atoms with van der Waals surface area (Å²) >= 11 is 0. The number of rotatable bonds is 3. The van der Waals surface area contributed by atoms with E-state index >= 15 is 0 Å². The first-order valence-corrected chi connectivity index (χ1v) is 7.62. The number of carbonyl (C=O) groups is 1. The number of nitrogens with one attached hydrogen (secondary N) is 1. The van der Waals surface area contributed by atoms with Crippen molar-refractivity contribution in [3.8, 4) is 5.75 Å². The van der Waals surface area contributed by atoms with Crippen LogP contribution in [0.3, 0.4) is 0 Å². The third kappa shape index (κ3) is 2.38. The Labute approximate surface area is 138 Å². The average Bonchev–Trinajstić information content (AvgIpc) is 2.99. The van der Waals surface area contributed by atoms with Crippen molar-refractivity contribution >= 4 is 33.5 Å². The molecule has 4 rings (SSSR count). The molecular weight excluding hydrogens is 302 g/mol. The Morgan fingerprint density at radius 2 is 1.67 bits per heavy atom. The van der Waals surface area contributed by atoms with Crippen LogP contribution in [-0.4, -0.2) is 13.0 Å². The molecule has 118 valence electrons. The van der Waals surface area contributed by atoms with E-state index in [0.29, 0.717) is 22.6 Å². The van der Waals surface area contributed by atoms with E-state index in [1.165, 1.54) is 0 Å². The lowest BCUT2D eigenvalue weighted by Crippen LogP contribution is -2.12. The van der Waals surface area contributed by atoms with E-state index in [4.69, 9.17) is 9.15 Å². The van der Waals surface area contributed by atoms with Gasteiger partial charge in [-0.3, -0.25) is 4.79 Å². The second kappa shape index (κ2) is 5.74. The molecule has 0 saturated carbocycles. The predicted molar refractivity (Wildman–Crippen MR) is 94.7 cm³/mol. The van der Waals surface area contributed by atoms with Crippen molar-refractivity contribution in [3.63, 3.8) is 0 Å². The highest BCUT2D eigenvalue weighted by molar-refractivity contribution is 6.10. The Bertz CT molecular complexity index is 1030. The molecule has 0 unspecified atom stereocenters. The molecule has 0 saturated heterocycles. The lowest BCUT2D eigenvalue weighted by Gasteiger charge is -2.10. The van der Waals surface area contributed by atoms with Crippen molar-refractivity contribution in [1.29, 1.82) is 0 Å². The molecule has 4 heteroatoms. The zero-order valence-corrected chi connectivity index (χ0v) is 13.1. The van der Waals surface area contributed by atoms with Crippen LogP contribution in [0.2, 0.25) is 0 Å². The van der Waals surface area contributed by atoms with E-state index < -0.39 is 0 Å². The van der Waals surface area contributed by atoms with Crippen LogP contribution >= 0.6 is 0 Å². The van der Waals surface area contributed by atoms with E-state index in [0.717, 1.165) is 16.4 Å². The molecule has 0 aliphatic heterocycles. The van der Waals surface area contributed by atoms with Gasteiger partial charge in [0.1, 0.15) is 16.9 Å². The number of hydrogen-bond donors (Lipinski definition) is 1. The lowest BCUT2D eigenvalue weighted by molar-refractivity contribution is 0.102. The number of amides is 1. The summed E-state index contributed by atoms with van der Waals surface area (Å²) in [5.41, 5.74) is 2.68. The molecule has 0 aliphatic rings. The fourth-order valence-corrected chi connectivity index (χ4v) is 2.80. The molecule has 3 aromatic carbocycles. The highest BCUT2D eigenvalue weighted by atomic mass is 16.5. The van der Waals surface area contributed by atoms with Gasteiger partial charge in [0.05, 0.1) is 12.8 Å². The van der Waals surface area contributed by atoms with Gasteiger partial charge in [-0.05, 0) is 24.3 Å². The fraction of sp³-hybridized carbons (Fsp3) is 0.0500. The molecule has 0 bridgehead atoms. The van der Waals surface area contributed by atoms with Crippen molar-refractivity contribution in [2.24, 2.45) is 0 Å². The van der Waals surface area contributed by atoms with Crippen LogP contribution in [0.1, 0.15) is 10.4 Å². The third-order valence-corrected chi connectivity index (χ3v) is 3.98. The topological polar surface area (TPSA) is 51.5 Å². The van der Waals surface area contributed by atoms with Crippen molar-refractivity contribution in [2.45, 2.75) is 0 Å². The standard InChI is InChI=1S/C20H15NO3/c1-23-19-11-15-14-9-5-6-10-17(14)24-18(15)12-16(19)21-20(22)13-7-3-2-4-8-13/h2-12H,1H3,(H,21,22). The second-order valence-electron chi connectivity index (χ2n) is 5.47. The van der Waals surface area contributed by atoms with Crippen LogP contribution in [0.5, 0.6) is 5.75 Å². The SMILES string of the molecule is COc1cc2c(cc1NC(=O)c1ccccc1)oc1ccccc12. The number of hydrogen-bond acceptors (Lipinski definition) is 3. The summed E-state index contributed by atoms with van der Waals surface area (Å²) in [5.74, 6) is 0.405. The minimum atomic E-state index is -0.190. The summed E-state index contributed by atoms with van der Waals surface area (Å²) in [6.45, 7) is 0. The van der Waals surface area contributed by atoms with Crippen molar-refractivity contribution in [2.75, 3.05) is 12.4 Å². The molecule has 4 aromatic rings. The monoisotopic (exact) mass is 317 g/mol. The molecule has 0 aliphatic carbocycles. The van der Waals surface area contributed by atoms with Crippen LogP contribution in [-0.2, 0) is 0 Å². The highest BCUT2D eigenvalue weighted by Crippen LogP contribution is 2.36. The second-order valence-corrected chi connectivity index (χ2v) is 5.47. The maximum atomic E-state index is 12.4. The van der Waals surface area contributed by atoms with Gasteiger partial charge >= 0.3 is 0 Å². The third-order valence-electron chi connectivity index (χ3n) is 3.98. The number of para-hydroxylation sites is 1. The summed E-state index contributed by atoms with van der Waals surface area (Å²) in [7, 11) is 1.58. The van der Waals surface area contributed by atoms with Crippen LogP contribution < -0.4 is 10.1 Å². The van der Waals surface area contributed by atoms with Crippen molar-refractivity contribution in [3.05, 3.63) is 72.3 Å². The molecule has 0 spiro atoms. The Balaban J connectivity index is 1.80. The molecule has 0 radical (unpaired) electrons. The first-order chi connectivity index (χ1) is 11.8. The van der Waals surface area contributed by atoms with Gasteiger partial charge in [-0.15, -0.1) is 0 Å². The molecule has 1 aromatic heterocycles. The van der Waals surface area contributed by atoms with E-state index in [1.807, 2.05) is 48.5 Å². The van der Waals surface area contributed by atoms with Gasteiger partial charge in [0.15, 0.2) is 0 Å². The van der Waals surface area contributed by atoms with Crippen LogP contribution in [0.4, 0.5) is 5.69 Å². The van der Waals surface area contributed by atoms with Gasteiger partial charge in [-0.2, -0.15) is 0 Å². The van der Waals surface area contributed by atoms with E-state index in [1.54, 1.807) is 25.3 Å². The summed E-state index contributed by atoms with van der Waals surface area (Å²) in [6, 6.07) is 20.6. The number of carbonyl (C=O) groups excluding carboxylic acids is 1. The van der Waals surface area contributed by atoms with E-state index in [2.05, 4.69) is 5.32 Å². The van der Waals surface area contributed by atoms with Gasteiger partial charge in [0.2, 0.25) is 0 Å². The molecule has 1 amide bonds. The zero-order chi connectivity index (χ0) is 16.5. The molecule has 0 fully saturated rings. The smallest absolute Gasteiger partial charge is 0.255 e. The lowest BCUT2D eigenvalue weighted by atomic mass is 10.1. The van der Waals surface area contributed by atoms with E-state index in [-0.39, 0.29) is 5.91 Å². The van der Waals surface area contributed by atoms with Gasteiger partial charge < -0.3 is 14.5 Å². The van der Waals surface area contributed by atoms with Crippen LogP contribution in [0.15, 0.2) is 71.1 Å². The number of fused-ring (bicyclic) bond motifs is 3. The first-order valence-electron chi connectivity index (χ1n) is 7.62. The normalized spacial score (nSPS) is 10.9. The number of ether oxygens (including phenoxy) is 1. The zero-order valence-electron chi connectivity index (χ0n) is 13.1. The van der Waals surface area contributed by atoms with E-state index in [9.17, 15) is 4.79 Å². The Morgan fingerprint density at radius 3 is 2.46 bits per heavy atom. The average molecular weight is 317 g/mol. The molecule has 1 N–H and O–H groups in total. The van der Waals surface area contributed by atoms with Gasteiger partial charge in [-0.1, -0.05) is 36.4 Å². The van der Waals surface area contributed by atoms with Crippen molar-refractivity contribution < 1.29 is 13.9 Å². The van der Waals surface area contributed by atoms with Gasteiger partial charge in [-0.25, -0.2) is 0 Å². The molecule has 24 heavy (non-hydrogen) atoms. The summed E-state index contributed by atoms with van der Waals surface area (Å²) < 4.78 is 11.3. The van der Waals surface area contributed by atoms with Crippen molar-refractivity contribution in [1.82, 2.24) is 0 Å². The van der Waals surface area contributed by atoms with Crippen LogP contribution in [0.25, 0.3) is 21.9 Å². The summed E-state index contributed by atoms with van der Waals surface area (Å²) in [4.78, 5) is 12.4. The molecule has 4 nitrogen and oxygen atoms in total. The predicted octanol–water partition coefficient (Wildman–Crippen LogP) is 4.85. The summed E-state index contributed by atoms with van der Waals surface area (Å²) in [6.07, 6.45) is 0. The van der Waals surface area contributed by atoms with Crippen LogP contribution in [0, 0.1) is 0 Å². The number of anilines is 1. The van der Waals surface area contributed by atoms with Gasteiger partial charge in [0, 0.05) is 22.4 Å².